The number of benzene rings is 1. The molecule has 0 atom stereocenters. The second-order valence-electron chi connectivity index (χ2n) is 3.98. The first-order valence-corrected chi connectivity index (χ1v) is 6.16. The van der Waals surface area contributed by atoms with E-state index in [1.165, 1.54) is 13.8 Å². The van der Waals surface area contributed by atoms with E-state index in [1.54, 1.807) is 0 Å². The highest BCUT2D eigenvalue weighted by Crippen LogP contribution is 2.32. The van der Waals surface area contributed by atoms with Gasteiger partial charge in [-0.3, -0.25) is 0 Å². The van der Waals surface area contributed by atoms with Gasteiger partial charge in [-0.25, -0.2) is 13.2 Å². The number of ether oxygens (including phenoxy) is 1. The van der Waals surface area contributed by atoms with E-state index >= 15 is 0 Å². The molecule has 0 saturated heterocycles. The van der Waals surface area contributed by atoms with Crippen LogP contribution in [0.1, 0.15) is 13.8 Å². The molecule has 0 spiro atoms. The lowest BCUT2D eigenvalue weighted by atomic mass is 10.2. The van der Waals surface area contributed by atoms with E-state index in [2.05, 4.69) is 17.0 Å². The maximum absolute atomic E-state index is 13.3. The van der Waals surface area contributed by atoms with Crippen LogP contribution in [0.2, 0.25) is 0 Å². The Labute approximate surface area is 120 Å². The molecule has 2 nitrogen and oxygen atoms in total. The molecule has 0 amide bonds. The largest absolute Gasteiger partial charge is 0.433 e. The maximum atomic E-state index is 13.3. The first-order chi connectivity index (χ1) is 9.10. The van der Waals surface area contributed by atoms with Crippen molar-refractivity contribution in [2.24, 2.45) is 0 Å². The molecule has 0 aromatic heterocycles. The molecule has 0 aliphatic heterocycles. The third-order valence-corrected chi connectivity index (χ3v) is 3.15. The topological polar surface area (TPSA) is 33.0 Å². The van der Waals surface area contributed by atoms with E-state index in [-0.39, 0.29) is 0 Å². The van der Waals surface area contributed by atoms with Crippen LogP contribution in [0.5, 0.6) is 5.75 Å². The molecule has 0 N–H and O–H groups in total. The molecule has 20 heavy (non-hydrogen) atoms. The number of halogens is 5. The highest BCUT2D eigenvalue weighted by Gasteiger charge is 2.29. The second-order valence-corrected chi connectivity index (χ2v) is 6.20. The van der Waals surface area contributed by atoms with Crippen LogP contribution in [0.15, 0.2) is 0 Å². The number of rotatable bonds is 2. The zero-order valence-electron chi connectivity index (χ0n) is 10.1. The molecule has 0 heterocycles. The van der Waals surface area contributed by atoms with Gasteiger partial charge in [0.15, 0.2) is 0 Å². The number of thiocarbonyl (C=S) groups is 1. The molecule has 0 aliphatic rings. The van der Waals surface area contributed by atoms with E-state index in [0.717, 1.165) is 0 Å². The summed E-state index contributed by atoms with van der Waals surface area (Å²) in [6, 6.07) is 1.82. The molecule has 108 valence electrons. The SMILES string of the molecule is CC(C)(C#N)SC(=S)Oc1c(F)c(F)c(F)c(F)c1F. The molecule has 0 unspecified atom stereocenters. The van der Waals surface area contributed by atoms with Crippen molar-refractivity contribution in [3.63, 3.8) is 0 Å². The lowest BCUT2D eigenvalue weighted by Crippen LogP contribution is -2.18. The molecule has 1 rings (SSSR count). The summed E-state index contributed by atoms with van der Waals surface area (Å²) in [6.07, 6.45) is 0. The predicted octanol–water partition coefficient (Wildman–Crippen LogP) is 4.08. The molecule has 1 aromatic carbocycles. The number of nitriles is 1. The fraction of sp³-hybridized carbons (Fsp3) is 0.273. The van der Waals surface area contributed by atoms with Gasteiger partial charge in [0, 0.05) is 0 Å². The normalized spacial score (nSPS) is 11.1. The lowest BCUT2D eigenvalue weighted by Gasteiger charge is -2.16. The van der Waals surface area contributed by atoms with Crippen LogP contribution in [0.25, 0.3) is 0 Å². The molecule has 0 saturated carbocycles. The van der Waals surface area contributed by atoms with Gasteiger partial charge in [0.25, 0.3) is 0 Å². The molecule has 1 aromatic rings. The van der Waals surface area contributed by atoms with Crippen molar-refractivity contribution in [3.8, 4) is 11.8 Å². The van der Waals surface area contributed by atoms with Gasteiger partial charge in [-0.2, -0.15) is 14.0 Å². The van der Waals surface area contributed by atoms with E-state index in [4.69, 9.17) is 5.26 Å². The van der Waals surface area contributed by atoms with Crippen LogP contribution >= 0.6 is 24.0 Å². The van der Waals surface area contributed by atoms with E-state index < -0.39 is 44.0 Å². The van der Waals surface area contributed by atoms with Gasteiger partial charge >= 0.3 is 0 Å². The van der Waals surface area contributed by atoms with Crippen molar-refractivity contribution in [2.75, 3.05) is 0 Å². The maximum Gasteiger partial charge on any atom is 0.227 e. The summed E-state index contributed by atoms with van der Waals surface area (Å²) in [5, 5.41) is 8.74. The van der Waals surface area contributed by atoms with Gasteiger partial charge in [0.1, 0.15) is 4.75 Å². The average Bonchev–Trinajstić information content (AvgIpc) is 2.38. The summed E-state index contributed by atoms with van der Waals surface area (Å²) in [5.74, 6) is -12.3. The fourth-order valence-corrected chi connectivity index (χ4v) is 2.31. The first kappa shape index (κ1) is 16.7. The zero-order chi connectivity index (χ0) is 15.7. The molecule has 0 radical (unpaired) electrons. The van der Waals surface area contributed by atoms with Crippen molar-refractivity contribution < 1.29 is 26.7 Å². The highest BCUT2D eigenvalue weighted by atomic mass is 32.2. The van der Waals surface area contributed by atoms with Crippen LogP contribution in [-0.4, -0.2) is 9.13 Å². The molecule has 0 fully saturated rings. The minimum atomic E-state index is -2.29. The standard InChI is InChI=1S/C11H6F5NOS2/c1-11(2,3-17)20-10(19)18-9-7(15)5(13)4(12)6(14)8(9)16/h1-2H3. The number of nitrogens with zero attached hydrogens (tertiary/aromatic N) is 1. The van der Waals surface area contributed by atoms with Gasteiger partial charge in [-0.05, 0) is 26.1 Å². The van der Waals surface area contributed by atoms with Crippen molar-refractivity contribution in [3.05, 3.63) is 29.1 Å². The van der Waals surface area contributed by atoms with E-state index in [9.17, 15) is 22.0 Å². The Morgan fingerprint density at radius 3 is 1.85 bits per heavy atom. The molecule has 0 bridgehead atoms. The monoisotopic (exact) mass is 327 g/mol. The molecular weight excluding hydrogens is 321 g/mol. The number of hydrogen-bond acceptors (Lipinski definition) is 4. The molecule has 9 heteroatoms. The Morgan fingerprint density at radius 1 is 1.05 bits per heavy atom. The number of hydrogen-bond donors (Lipinski definition) is 0. The highest BCUT2D eigenvalue weighted by molar-refractivity contribution is 8.23. The summed E-state index contributed by atoms with van der Waals surface area (Å²) in [4.78, 5) is 0. The van der Waals surface area contributed by atoms with Crippen molar-refractivity contribution >= 4 is 28.4 Å². The van der Waals surface area contributed by atoms with Crippen molar-refractivity contribution in [1.82, 2.24) is 0 Å². The number of thioether (sulfide) groups is 1. The Morgan fingerprint density at radius 2 is 1.45 bits per heavy atom. The van der Waals surface area contributed by atoms with Gasteiger partial charge in [0.05, 0.1) is 6.07 Å². The van der Waals surface area contributed by atoms with Crippen LogP contribution in [-0.2, 0) is 0 Å². The Hall–Kier alpha value is -1.40. The van der Waals surface area contributed by atoms with Crippen LogP contribution < -0.4 is 4.74 Å². The van der Waals surface area contributed by atoms with Crippen molar-refractivity contribution in [1.29, 1.82) is 5.26 Å². The van der Waals surface area contributed by atoms with Gasteiger partial charge in [-0.1, -0.05) is 11.8 Å². The Balaban J connectivity index is 3.12. The van der Waals surface area contributed by atoms with Crippen LogP contribution in [0, 0.1) is 40.4 Å². The average molecular weight is 327 g/mol. The Kier molecular flexibility index (Phi) is 4.94. The van der Waals surface area contributed by atoms with Gasteiger partial charge < -0.3 is 4.74 Å². The van der Waals surface area contributed by atoms with Crippen molar-refractivity contribution in [2.45, 2.75) is 18.6 Å². The summed E-state index contributed by atoms with van der Waals surface area (Å²) in [7, 11) is 0. The minimum absolute atomic E-state index is 0.542. The predicted molar refractivity (Wildman–Crippen MR) is 66.7 cm³/mol. The minimum Gasteiger partial charge on any atom is -0.433 e. The third-order valence-electron chi connectivity index (χ3n) is 1.96. The molecular formula is C11H6F5NOS2. The van der Waals surface area contributed by atoms with Crippen LogP contribution in [0.4, 0.5) is 22.0 Å². The summed E-state index contributed by atoms with van der Waals surface area (Å²) >= 11 is 5.21. The quantitative estimate of drug-likeness (QED) is 0.355. The Bertz CT molecular complexity index is 583. The van der Waals surface area contributed by atoms with Gasteiger partial charge in [0.2, 0.25) is 39.2 Å². The lowest BCUT2D eigenvalue weighted by molar-refractivity contribution is 0.348. The second kappa shape index (κ2) is 5.93. The summed E-state index contributed by atoms with van der Waals surface area (Å²) in [5.41, 5.74) is 0. The summed E-state index contributed by atoms with van der Waals surface area (Å²) < 4.78 is 68.1. The first-order valence-electron chi connectivity index (χ1n) is 4.94. The fourth-order valence-electron chi connectivity index (χ4n) is 1.01. The summed E-state index contributed by atoms with van der Waals surface area (Å²) in [6.45, 7) is 2.87. The van der Waals surface area contributed by atoms with E-state index in [0.29, 0.717) is 11.8 Å². The zero-order valence-corrected chi connectivity index (χ0v) is 11.7. The molecule has 0 aliphatic carbocycles. The van der Waals surface area contributed by atoms with E-state index in [1.807, 2.05) is 6.07 Å². The smallest absolute Gasteiger partial charge is 0.227 e. The van der Waals surface area contributed by atoms with Crippen LogP contribution in [0.3, 0.4) is 0 Å². The third kappa shape index (κ3) is 3.37. The van der Waals surface area contributed by atoms with Gasteiger partial charge in [-0.15, -0.1) is 0 Å².